The lowest BCUT2D eigenvalue weighted by Gasteiger charge is -2.32. The van der Waals surface area contributed by atoms with Gasteiger partial charge in [0, 0.05) is 18.9 Å². The number of hydrogen-bond donors (Lipinski definition) is 0. The molecule has 1 aromatic heterocycles. The fourth-order valence-electron chi connectivity index (χ4n) is 3.50. The third kappa shape index (κ3) is 2.28. The van der Waals surface area contributed by atoms with E-state index in [2.05, 4.69) is 14.8 Å². The van der Waals surface area contributed by atoms with Gasteiger partial charge in [-0.2, -0.15) is 0 Å². The lowest BCUT2D eigenvalue weighted by atomic mass is 9.72. The van der Waals surface area contributed by atoms with Crippen molar-refractivity contribution in [3.05, 3.63) is 22.9 Å². The first-order chi connectivity index (χ1) is 10.8. The average molecular weight is 319 g/mol. The van der Waals surface area contributed by atoms with Gasteiger partial charge < -0.3 is 13.9 Å². The SMILES string of the molecule is CC1(C)OB(C(F)=C2CC(c3nnc4n3CCC4)C2)OC1(C)C. The van der Waals surface area contributed by atoms with Crippen LogP contribution in [0.5, 0.6) is 0 Å². The molecule has 124 valence electrons. The van der Waals surface area contributed by atoms with Crippen molar-refractivity contribution < 1.29 is 13.7 Å². The molecule has 0 radical (unpaired) electrons. The Labute approximate surface area is 136 Å². The van der Waals surface area contributed by atoms with E-state index in [0.29, 0.717) is 12.8 Å². The first kappa shape index (κ1) is 15.3. The predicted octanol–water partition coefficient (Wildman–Crippen LogP) is 2.96. The molecule has 4 rings (SSSR count). The van der Waals surface area contributed by atoms with E-state index < -0.39 is 18.3 Å². The largest absolute Gasteiger partial charge is 0.525 e. The predicted molar refractivity (Wildman–Crippen MR) is 84.5 cm³/mol. The highest BCUT2D eigenvalue weighted by Gasteiger charge is 2.54. The molecule has 0 atom stereocenters. The monoisotopic (exact) mass is 319 g/mol. The molecule has 1 aromatic rings. The van der Waals surface area contributed by atoms with Crippen molar-refractivity contribution in [2.45, 2.75) is 77.0 Å². The lowest BCUT2D eigenvalue weighted by molar-refractivity contribution is 0.00578. The molecule has 3 aliphatic rings. The highest BCUT2D eigenvalue weighted by atomic mass is 19.1. The molecular weight excluding hydrogens is 296 g/mol. The summed E-state index contributed by atoms with van der Waals surface area (Å²) >= 11 is 0. The molecule has 0 unspecified atom stereocenters. The van der Waals surface area contributed by atoms with Gasteiger partial charge in [0.15, 0.2) is 0 Å². The zero-order chi connectivity index (χ0) is 16.4. The van der Waals surface area contributed by atoms with Crippen LogP contribution >= 0.6 is 0 Å². The van der Waals surface area contributed by atoms with Gasteiger partial charge in [-0.1, -0.05) is 0 Å². The van der Waals surface area contributed by atoms with Crippen molar-refractivity contribution in [2.75, 3.05) is 0 Å². The van der Waals surface area contributed by atoms with Crippen LogP contribution in [0.2, 0.25) is 0 Å². The minimum Gasteiger partial charge on any atom is -0.398 e. The fourth-order valence-corrected chi connectivity index (χ4v) is 3.50. The van der Waals surface area contributed by atoms with E-state index in [4.69, 9.17) is 9.31 Å². The molecule has 2 fully saturated rings. The molecule has 0 bridgehead atoms. The normalized spacial score (nSPS) is 28.0. The number of halogens is 1. The Bertz CT molecular complexity index is 659. The Kier molecular flexibility index (Phi) is 3.26. The summed E-state index contributed by atoms with van der Waals surface area (Å²) < 4.78 is 28.5. The van der Waals surface area contributed by atoms with Crippen LogP contribution in [0.1, 0.15) is 64.5 Å². The van der Waals surface area contributed by atoms with Crippen LogP contribution in [0.4, 0.5) is 4.39 Å². The van der Waals surface area contributed by atoms with Gasteiger partial charge in [0.1, 0.15) is 17.4 Å². The Morgan fingerprint density at radius 1 is 1.17 bits per heavy atom. The summed E-state index contributed by atoms with van der Waals surface area (Å²) in [5, 5.41) is 8.54. The molecule has 23 heavy (non-hydrogen) atoms. The maximum absolute atomic E-state index is 14.7. The molecule has 0 N–H and O–H groups in total. The van der Waals surface area contributed by atoms with Crippen LogP contribution in [0, 0.1) is 0 Å². The first-order valence-corrected chi connectivity index (χ1v) is 8.43. The van der Waals surface area contributed by atoms with Crippen LogP contribution in [0.25, 0.3) is 0 Å². The summed E-state index contributed by atoms with van der Waals surface area (Å²) in [4.78, 5) is 0. The highest BCUT2D eigenvalue weighted by Crippen LogP contribution is 2.46. The molecule has 0 spiro atoms. The molecule has 3 heterocycles. The molecule has 1 aliphatic carbocycles. The highest BCUT2D eigenvalue weighted by molar-refractivity contribution is 6.53. The van der Waals surface area contributed by atoms with E-state index in [1.807, 2.05) is 27.7 Å². The van der Waals surface area contributed by atoms with Crippen molar-refractivity contribution in [3.63, 3.8) is 0 Å². The Hall–Kier alpha value is -1.21. The smallest absolute Gasteiger partial charge is 0.398 e. The topological polar surface area (TPSA) is 49.2 Å². The summed E-state index contributed by atoms with van der Waals surface area (Å²) in [5.41, 5.74) is -0.469. The van der Waals surface area contributed by atoms with Crippen LogP contribution in [0.15, 0.2) is 11.3 Å². The molecule has 7 heteroatoms. The van der Waals surface area contributed by atoms with E-state index in [0.717, 1.165) is 36.6 Å². The minimum absolute atomic E-state index is 0.249. The zero-order valence-electron chi connectivity index (χ0n) is 14.2. The standard InChI is InChI=1S/C16H23BFN3O2/c1-15(2)16(3,4)23-17(22-15)13(18)10-8-11(9-10)14-20-19-12-6-5-7-21(12)14/h11H,5-9H2,1-4H3. The van der Waals surface area contributed by atoms with Gasteiger partial charge in [-0.05, 0) is 52.5 Å². The van der Waals surface area contributed by atoms with Crippen molar-refractivity contribution in [3.8, 4) is 0 Å². The number of hydrogen-bond acceptors (Lipinski definition) is 4. The Morgan fingerprint density at radius 3 is 2.48 bits per heavy atom. The van der Waals surface area contributed by atoms with Gasteiger partial charge in [0.2, 0.25) is 0 Å². The molecular formula is C16H23BFN3O2. The van der Waals surface area contributed by atoms with Crippen molar-refractivity contribution in [1.82, 2.24) is 14.8 Å². The number of aryl methyl sites for hydroxylation is 1. The third-order valence-corrected chi connectivity index (χ3v) is 5.79. The van der Waals surface area contributed by atoms with Crippen LogP contribution < -0.4 is 0 Å². The van der Waals surface area contributed by atoms with E-state index in [9.17, 15) is 4.39 Å². The summed E-state index contributed by atoms with van der Waals surface area (Å²) in [6.07, 6.45) is 3.52. The third-order valence-electron chi connectivity index (χ3n) is 5.79. The van der Waals surface area contributed by atoms with Crippen LogP contribution in [-0.2, 0) is 22.3 Å². The van der Waals surface area contributed by atoms with E-state index in [-0.39, 0.29) is 11.6 Å². The summed E-state index contributed by atoms with van der Waals surface area (Å²) in [7, 11) is -0.875. The number of rotatable bonds is 2. The quantitative estimate of drug-likeness (QED) is 0.787. The summed E-state index contributed by atoms with van der Waals surface area (Å²) in [6, 6.07) is 0. The second-order valence-corrected chi connectivity index (χ2v) is 7.87. The van der Waals surface area contributed by atoms with Gasteiger partial charge in [0.25, 0.3) is 0 Å². The maximum Gasteiger partial charge on any atom is 0.525 e. The van der Waals surface area contributed by atoms with Gasteiger partial charge >= 0.3 is 7.12 Å². The van der Waals surface area contributed by atoms with Gasteiger partial charge in [0.05, 0.1) is 11.2 Å². The summed E-state index contributed by atoms with van der Waals surface area (Å²) in [5.74, 6) is 2.37. The lowest BCUT2D eigenvalue weighted by Crippen LogP contribution is -2.41. The van der Waals surface area contributed by atoms with Crippen LogP contribution in [-0.4, -0.2) is 33.1 Å². The second-order valence-electron chi connectivity index (χ2n) is 7.87. The van der Waals surface area contributed by atoms with E-state index >= 15 is 0 Å². The van der Waals surface area contributed by atoms with Crippen molar-refractivity contribution in [1.29, 1.82) is 0 Å². The number of nitrogens with zero attached hydrogens (tertiary/aromatic N) is 3. The molecule has 5 nitrogen and oxygen atoms in total. The number of aromatic nitrogens is 3. The van der Waals surface area contributed by atoms with E-state index in [1.54, 1.807) is 0 Å². The molecule has 2 aliphatic heterocycles. The minimum atomic E-state index is -0.875. The Balaban J connectivity index is 1.47. The van der Waals surface area contributed by atoms with Crippen LogP contribution in [0.3, 0.4) is 0 Å². The molecule has 1 saturated heterocycles. The van der Waals surface area contributed by atoms with Gasteiger partial charge in [-0.3, -0.25) is 0 Å². The number of fused-ring (bicyclic) bond motifs is 1. The van der Waals surface area contributed by atoms with Crippen molar-refractivity contribution in [2.24, 2.45) is 0 Å². The second kappa shape index (κ2) is 4.90. The molecule has 0 amide bonds. The zero-order valence-corrected chi connectivity index (χ0v) is 14.2. The molecule has 1 saturated carbocycles. The van der Waals surface area contributed by atoms with Gasteiger partial charge in [-0.15, -0.1) is 10.2 Å². The summed E-state index contributed by atoms with van der Waals surface area (Å²) in [6.45, 7) is 8.75. The first-order valence-electron chi connectivity index (χ1n) is 8.43. The number of allylic oxidation sites excluding steroid dienone is 1. The van der Waals surface area contributed by atoms with Crippen molar-refractivity contribution >= 4 is 7.12 Å². The maximum atomic E-state index is 14.7. The Morgan fingerprint density at radius 2 is 1.83 bits per heavy atom. The average Bonchev–Trinajstić information content (AvgIpc) is 3.03. The fraction of sp³-hybridized carbons (Fsp3) is 0.750. The molecule has 0 aromatic carbocycles. The van der Waals surface area contributed by atoms with E-state index in [1.165, 1.54) is 0 Å². The van der Waals surface area contributed by atoms with Gasteiger partial charge in [-0.25, -0.2) is 4.39 Å².